The first-order valence-corrected chi connectivity index (χ1v) is 10.4. The minimum Gasteiger partial charge on any atom is -0.480 e. The molecule has 0 amide bonds. The average molecular weight is 374 g/mol. The summed E-state index contributed by atoms with van der Waals surface area (Å²) < 4.78 is 0. The Morgan fingerprint density at radius 3 is 1.70 bits per heavy atom. The van der Waals surface area contributed by atoms with E-state index in [1.54, 1.807) is 0 Å². The third-order valence-corrected chi connectivity index (χ3v) is 4.05. The van der Waals surface area contributed by atoms with Gasteiger partial charge >= 0.3 is 5.97 Å². The topological polar surface area (TPSA) is 49.3 Å². The van der Waals surface area contributed by atoms with Crippen molar-refractivity contribution in [3.8, 4) is 0 Å². The number of carbonyl (C=O) groups is 1. The van der Waals surface area contributed by atoms with E-state index in [9.17, 15) is 4.79 Å². The predicted molar refractivity (Wildman–Crippen MR) is 118 cm³/mol. The van der Waals surface area contributed by atoms with Gasteiger partial charge in [-0.2, -0.15) is 0 Å². The molecule has 0 aliphatic heterocycles. The molecular formula is C24H39NO2. The summed E-state index contributed by atoms with van der Waals surface area (Å²) in [5.74, 6) is -0.754. The van der Waals surface area contributed by atoms with Gasteiger partial charge in [0.25, 0.3) is 0 Å². The summed E-state index contributed by atoms with van der Waals surface area (Å²) in [7, 11) is 0. The molecule has 3 nitrogen and oxygen atoms in total. The number of allylic oxidation sites excluding steroid dienone is 10. The summed E-state index contributed by atoms with van der Waals surface area (Å²) in [6.07, 6.45) is 31.0. The van der Waals surface area contributed by atoms with E-state index in [0.29, 0.717) is 6.42 Å². The Hall–Kier alpha value is -1.87. The first kappa shape index (κ1) is 25.1. The fourth-order valence-electron chi connectivity index (χ4n) is 2.44. The Balaban J connectivity index is 3.51. The van der Waals surface area contributed by atoms with Crippen molar-refractivity contribution in [3.63, 3.8) is 0 Å². The van der Waals surface area contributed by atoms with Crippen LogP contribution in [0.25, 0.3) is 0 Å². The zero-order valence-corrected chi connectivity index (χ0v) is 17.3. The SMILES string of the molecule is CCC=CCC=CCC=CCC=CCC=CCCCCNC(CC)C(=O)O. The van der Waals surface area contributed by atoms with Crippen molar-refractivity contribution in [2.24, 2.45) is 0 Å². The summed E-state index contributed by atoms with van der Waals surface area (Å²) in [6.45, 7) is 4.82. The van der Waals surface area contributed by atoms with Crippen molar-refractivity contribution in [1.82, 2.24) is 5.32 Å². The molecule has 0 aromatic carbocycles. The number of hydrogen-bond acceptors (Lipinski definition) is 2. The monoisotopic (exact) mass is 373 g/mol. The maximum absolute atomic E-state index is 10.9. The molecular weight excluding hydrogens is 334 g/mol. The first-order chi connectivity index (χ1) is 13.2. The van der Waals surface area contributed by atoms with Crippen molar-refractivity contribution in [2.75, 3.05) is 6.54 Å². The van der Waals surface area contributed by atoms with Gasteiger partial charge in [0, 0.05) is 0 Å². The number of unbranched alkanes of at least 4 members (excludes halogenated alkanes) is 2. The van der Waals surface area contributed by atoms with Gasteiger partial charge in [0.1, 0.15) is 6.04 Å². The van der Waals surface area contributed by atoms with Crippen LogP contribution in [0.5, 0.6) is 0 Å². The van der Waals surface area contributed by atoms with Gasteiger partial charge in [-0.05, 0) is 64.3 Å². The van der Waals surface area contributed by atoms with Crippen molar-refractivity contribution in [3.05, 3.63) is 60.8 Å². The van der Waals surface area contributed by atoms with Gasteiger partial charge < -0.3 is 10.4 Å². The molecule has 1 atom stereocenters. The number of carboxylic acid groups (broad SMARTS) is 1. The van der Waals surface area contributed by atoms with E-state index in [2.05, 4.69) is 73.0 Å². The predicted octanol–water partition coefficient (Wildman–Crippen LogP) is 6.36. The summed E-state index contributed by atoms with van der Waals surface area (Å²) >= 11 is 0. The zero-order chi connectivity index (χ0) is 20.0. The molecule has 0 bridgehead atoms. The van der Waals surface area contributed by atoms with E-state index >= 15 is 0 Å². The Labute approximate surface area is 166 Å². The molecule has 27 heavy (non-hydrogen) atoms. The van der Waals surface area contributed by atoms with Crippen LogP contribution in [0.2, 0.25) is 0 Å². The quantitative estimate of drug-likeness (QED) is 0.230. The maximum atomic E-state index is 10.9. The molecule has 0 rings (SSSR count). The van der Waals surface area contributed by atoms with Crippen LogP contribution in [0.4, 0.5) is 0 Å². The van der Waals surface area contributed by atoms with Gasteiger partial charge in [0.15, 0.2) is 0 Å². The number of rotatable bonds is 17. The maximum Gasteiger partial charge on any atom is 0.320 e. The normalized spacial score (nSPS) is 13.9. The highest BCUT2D eigenvalue weighted by molar-refractivity contribution is 5.73. The Bertz CT molecular complexity index is 487. The molecule has 152 valence electrons. The lowest BCUT2D eigenvalue weighted by Crippen LogP contribution is -2.36. The fourth-order valence-corrected chi connectivity index (χ4v) is 2.44. The zero-order valence-electron chi connectivity index (χ0n) is 17.3. The van der Waals surface area contributed by atoms with Gasteiger partial charge in [0.2, 0.25) is 0 Å². The van der Waals surface area contributed by atoms with Gasteiger partial charge in [-0.15, -0.1) is 0 Å². The molecule has 0 saturated carbocycles. The Morgan fingerprint density at radius 2 is 1.26 bits per heavy atom. The number of aliphatic carboxylic acids is 1. The minimum absolute atomic E-state index is 0.404. The second-order valence-electron chi connectivity index (χ2n) is 6.46. The molecule has 0 fully saturated rings. The largest absolute Gasteiger partial charge is 0.480 e. The summed E-state index contributed by atoms with van der Waals surface area (Å²) in [4.78, 5) is 10.9. The highest BCUT2D eigenvalue weighted by atomic mass is 16.4. The lowest BCUT2D eigenvalue weighted by Gasteiger charge is -2.11. The van der Waals surface area contributed by atoms with Crippen molar-refractivity contribution < 1.29 is 9.90 Å². The summed E-state index contributed by atoms with van der Waals surface area (Å²) in [6, 6.07) is -0.404. The molecule has 0 heterocycles. The first-order valence-electron chi connectivity index (χ1n) is 10.4. The van der Waals surface area contributed by atoms with Gasteiger partial charge in [-0.3, -0.25) is 4.79 Å². The lowest BCUT2D eigenvalue weighted by atomic mass is 10.2. The number of hydrogen-bond donors (Lipinski definition) is 2. The molecule has 0 saturated heterocycles. The van der Waals surface area contributed by atoms with E-state index in [4.69, 9.17) is 5.11 Å². The minimum atomic E-state index is -0.754. The average Bonchev–Trinajstić information content (AvgIpc) is 2.66. The smallest absolute Gasteiger partial charge is 0.320 e. The molecule has 0 radical (unpaired) electrons. The van der Waals surface area contributed by atoms with Gasteiger partial charge in [0.05, 0.1) is 0 Å². The third kappa shape index (κ3) is 18.7. The lowest BCUT2D eigenvalue weighted by molar-refractivity contribution is -0.139. The second-order valence-corrected chi connectivity index (χ2v) is 6.46. The van der Waals surface area contributed by atoms with Gasteiger partial charge in [-0.1, -0.05) is 74.6 Å². The van der Waals surface area contributed by atoms with E-state index in [1.165, 1.54) is 0 Å². The van der Waals surface area contributed by atoms with Crippen LogP contribution in [0.1, 0.15) is 71.6 Å². The van der Waals surface area contributed by atoms with Gasteiger partial charge in [-0.25, -0.2) is 0 Å². The van der Waals surface area contributed by atoms with E-state index in [0.717, 1.165) is 57.9 Å². The fraction of sp³-hybridized carbons (Fsp3) is 0.542. The summed E-state index contributed by atoms with van der Waals surface area (Å²) in [5, 5.41) is 12.0. The van der Waals surface area contributed by atoms with E-state index < -0.39 is 12.0 Å². The number of nitrogens with one attached hydrogen (secondary N) is 1. The van der Waals surface area contributed by atoms with Crippen LogP contribution in [0.3, 0.4) is 0 Å². The second kappa shape index (κ2) is 20.4. The standard InChI is InChI=1S/C24H39NO2/c1-3-5-6-7-8-9-10-11-12-13-14-15-16-17-18-19-20-21-22-25-23(4-2)24(26)27/h5-6,8-9,11-12,14-15,17-18,23,25H,3-4,7,10,13,16,19-22H2,1-2H3,(H,26,27). The molecule has 0 spiro atoms. The van der Waals surface area contributed by atoms with Crippen molar-refractivity contribution >= 4 is 5.97 Å². The molecule has 0 aromatic heterocycles. The van der Waals surface area contributed by atoms with Crippen LogP contribution in [0.15, 0.2) is 60.8 Å². The van der Waals surface area contributed by atoms with Crippen LogP contribution < -0.4 is 5.32 Å². The van der Waals surface area contributed by atoms with Crippen molar-refractivity contribution in [1.29, 1.82) is 0 Å². The number of carboxylic acids is 1. The Kier molecular flexibility index (Phi) is 19.0. The third-order valence-electron chi connectivity index (χ3n) is 4.05. The Morgan fingerprint density at radius 1 is 0.778 bits per heavy atom. The molecule has 1 unspecified atom stereocenters. The van der Waals surface area contributed by atoms with E-state index in [-0.39, 0.29) is 0 Å². The summed E-state index contributed by atoms with van der Waals surface area (Å²) in [5.41, 5.74) is 0. The van der Waals surface area contributed by atoms with Crippen LogP contribution in [-0.4, -0.2) is 23.7 Å². The van der Waals surface area contributed by atoms with Crippen LogP contribution >= 0.6 is 0 Å². The highest BCUT2D eigenvalue weighted by Gasteiger charge is 2.12. The molecule has 0 aliphatic rings. The van der Waals surface area contributed by atoms with Crippen LogP contribution in [-0.2, 0) is 4.79 Å². The molecule has 2 N–H and O–H groups in total. The van der Waals surface area contributed by atoms with Crippen LogP contribution in [0, 0.1) is 0 Å². The highest BCUT2D eigenvalue weighted by Crippen LogP contribution is 2.00. The molecule has 0 aliphatic carbocycles. The molecule has 3 heteroatoms. The van der Waals surface area contributed by atoms with Crippen molar-refractivity contribution in [2.45, 2.75) is 77.7 Å². The molecule has 0 aromatic rings. The van der Waals surface area contributed by atoms with E-state index in [1.807, 2.05) is 6.92 Å².